The number of carbonyl (C=O) groups excluding carboxylic acids is 2. The van der Waals surface area contributed by atoms with Crippen molar-refractivity contribution in [3.05, 3.63) is 65.5 Å². The number of anilines is 1. The van der Waals surface area contributed by atoms with Crippen LogP contribution in [0.3, 0.4) is 0 Å². The van der Waals surface area contributed by atoms with E-state index < -0.39 is 64.4 Å². The van der Waals surface area contributed by atoms with Gasteiger partial charge in [0.25, 0.3) is 11.8 Å². The number of methoxy groups -OCH3 is 1. The highest BCUT2D eigenvalue weighted by Crippen LogP contribution is 2.39. The normalized spacial score (nSPS) is 11.6. The van der Waals surface area contributed by atoms with Gasteiger partial charge in [-0.3, -0.25) is 9.59 Å². The minimum absolute atomic E-state index is 0.156. The second-order valence-electron chi connectivity index (χ2n) is 6.87. The van der Waals surface area contributed by atoms with Crippen LogP contribution in [0.25, 0.3) is 0 Å². The fourth-order valence-corrected chi connectivity index (χ4v) is 2.81. The molecule has 0 radical (unpaired) electrons. The van der Waals surface area contributed by atoms with Crippen molar-refractivity contribution in [2.75, 3.05) is 12.4 Å². The molecule has 2 amide bonds. The molecular weight excluding hydrogens is 521 g/mol. The quantitative estimate of drug-likeness (QED) is 0.422. The molecule has 0 aliphatic rings. The van der Waals surface area contributed by atoms with Crippen LogP contribution >= 0.6 is 0 Å². The average molecular weight is 534 g/mol. The Labute approximate surface area is 202 Å². The van der Waals surface area contributed by atoms with Gasteiger partial charge in [-0.25, -0.2) is 14.4 Å². The Morgan fingerprint density at radius 3 is 2.19 bits per heavy atom. The number of benzene rings is 1. The summed E-state index contributed by atoms with van der Waals surface area (Å²) in [5, 5.41) is 2.09. The van der Waals surface area contributed by atoms with Gasteiger partial charge in [0.15, 0.2) is 28.8 Å². The van der Waals surface area contributed by atoms with E-state index in [1.807, 2.05) is 0 Å². The topological polar surface area (TPSA) is 126 Å². The van der Waals surface area contributed by atoms with E-state index in [0.717, 1.165) is 43.6 Å². The third-order valence-corrected chi connectivity index (χ3v) is 4.34. The van der Waals surface area contributed by atoms with Crippen LogP contribution in [-0.2, 0) is 6.18 Å². The maximum atomic E-state index is 14.9. The summed E-state index contributed by atoms with van der Waals surface area (Å²) in [7, 11) is 1.03. The van der Waals surface area contributed by atoms with Crippen molar-refractivity contribution in [1.29, 1.82) is 0 Å². The van der Waals surface area contributed by atoms with Gasteiger partial charge in [0, 0.05) is 6.07 Å². The predicted octanol–water partition coefficient (Wildman–Crippen LogP) is 4.69. The van der Waals surface area contributed by atoms with Gasteiger partial charge in [0.1, 0.15) is 17.0 Å². The summed E-state index contributed by atoms with van der Waals surface area (Å²) in [6.45, 7) is 0. The molecule has 0 fully saturated rings. The largest absolute Gasteiger partial charge is 0.573 e. The van der Waals surface area contributed by atoms with Gasteiger partial charge >= 0.3 is 12.5 Å². The summed E-state index contributed by atoms with van der Waals surface area (Å²) in [5.74, 6) is -6.82. The number of carbonyl (C=O) groups is 2. The first-order chi connectivity index (χ1) is 17.2. The number of aromatic nitrogens is 2. The molecule has 0 spiro atoms. The van der Waals surface area contributed by atoms with E-state index in [1.165, 1.54) is 0 Å². The molecule has 1 aromatic carbocycles. The zero-order valence-electron chi connectivity index (χ0n) is 18.2. The molecule has 0 saturated heterocycles. The van der Waals surface area contributed by atoms with E-state index in [0.29, 0.717) is 6.20 Å². The van der Waals surface area contributed by atoms with Crippen LogP contribution in [0, 0.1) is 5.82 Å². The summed E-state index contributed by atoms with van der Waals surface area (Å²) < 4.78 is 106. The monoisotopic (exact) mass is 534 g/mol. The molecule has 0 saturated carbocycles. The number of nitrogens with zero attached hydrogens (tertiary/aromatic N) is 2. The number of hydrogen-bond donors (Lipinski definition) is 2. The third-order valence-electron chi connectivity index (χ3n) is 4.34. The van der Waals surface area contributed by atoms with Gasteiger partial charge in [-0.1, -0.05) is 0 Å². The predicted molar refractivity (Wildman–Crippen MR) is 110 cm³/mol. The van der Waals surface area contributed by atoms with E-state index in [1.54, 1.807) is 0 Å². The highest BCUT2D eigenvalue weighted by molar-refractivity contribution is 6.06. The highest BCUT2D eigenvalue weighted by Gasteiger charge is 2.39. The molecule has 0 aliphatic heterocycles. The SMILES string of the molecule is COc1cc(OC(F)(F)F)ccc1Oc1cnc(C(F)(F)F)c(F)c1C(=O)Nc1ccc(C(N)=O)nc1. The Balaban J connectivity index is 2.02. The minimum atomic E-state index is -5.30. The number of pyridine rings is 2. The second-order valence-corrected chi connectivity index (χ2v) is 6.87. The number of ether oxygens (including phenoxy) is 3. The summed E-state index contributed by atoms with van der Waals surface area (Å²) in [4.78, 5) is 30.5. The number of rotatable bonds is 7. The Hall–Kier alpha value is -4.63. The minimum Gasteiger partial charge on any atom is -0.493 e. The Bertz CT molecular complexity index is 1330. The number of hydrogen-bond acceptors (Lipinski definition) is 7. The lowest BCUT2D eigenvalue weighted by Gasteiger charge is -2.17. The van der Waals surface area contributed by atoms with Gasteiger partial charge in [-0.05, 0) is 24.3 Å². The molecule has 9 nitrogen and oxygen atoms in total. The Morgan fingerprint density at radius 2 is 1.65 bits per heavy atom. The Morgan fingerprint density at radius 1 is 0.946 bits per heavy atom. The highest BCUT2D eigenvalue weighted by atomic mass is 19.4. The van der Waals surface area contributed by atoms with Crippen LogP contribution in [-0.4, -0.2) is 35.3 Å². The lowest BCUT2D eigenvalue weighted by Crippen LogP contribution is -2.20. The second kappa shape index (κ2) is 10.2. The van der Waals surface area contributed by atoms with Crippen molar-refractivity contribution in [3.8, 4) is 23.0 Å². The van der Waals surface area contributed by atoms with E-state index in [-0.39, 0.29) is 11.4 Å². The number of primary amides is 1. The van der Waals surface area contributed by atoms with Crippen molar-refractivity contribution in [2.24, 2.45) is 5.73 Å². The maximum Gasteiger partial charge on any atom is 0.573 e. The molecule has 0 bridgehead atoms. The molecule has 0 unspecified atom stereocenters. The lowest BCUT2D eigenvalue weighted by atomic mass is 10.1. The number of nitrogens with one attached hydrogen (secondary N) is 1. The molecular formula is C21H13F7N4O5. The van der Waals surface area contributed by atoms with Gasteiger partial charge in [0.2, 0.25) is 0 Å². The number of halogens is 7. The Kier molecular flexibility index (Phi) is 7.40. The van der Waals surface area contributed by atoms with Crippen LogP contribution in [0.5, 0.6) is 23.0 Å². The number of amides is 2. The van der Waals surface area contributed by atoms with Crippen molar-refractivity contribution in [1.82, 2.24) is 9.97 Å². The summed E-state index contributed by atoms with van der Waals surface area (Å²) in [6.07, 6.45) is -9.00. The zero-order valence-corrected chi connectivity index (χ0v) is 18.2. The molecule has 37 heavy (non-hydrogen) atoms. The van der Waals surface area contributed by atoms with Crippen LogP contribution < -0.4 is 25.3 Å². The first kappa shape index (κ1) is 27.0. The summed E-state index contributed by atoms with van der Waals surface area (Å²) in [6, 6.07) is 4.61. The van der Waals surface area contributed by atoms with Crippen molar-refractivity contribution >= 4 is 17.5 Å². The molecule has 0 atom stereocenters. The van der Waals surface area contributed by atoms with Crippen LogP contribution in [0.2, 0.25) is 0 Å². The van der Waals surface area contributed by atoms with E-state index in [9.17, 15) is 40.3 Å². The fourth-order valence-electron chi connectivity index (χ4n) is 2.81. The third kappa shape index (κ3) is 6.53. The van der Waals surface area contributed by atoms with Crippen LogP contribution in [0.15, 0.2) is 42.7 Å². The van der Waals surface area contributed by atoms with E-state index in [2.05, 4.69) is 20.0 Å². The van der Waals surface area contributed by atoms with Gasteiger partial charge in [-0.15, -0.1) is 13.2 Å². The zero-order chi connectivity index (χ0) is 27.5. The molecule has 2 aromatic heterocycles. The molecule has 3 rings (SSSR count). The van der Waals surface area contributed by atoms with Crippen molar-refractivity contribution in [2.45, 2.75) is 12.5 Å². The van der Waals surface area contributed by atoms with Gasteiger partial charge < -0.3 is 25.3 Å². The van der Waals surface area contributed by atoms with Crippen molar-refractivity contribution in [3.63, 3.8) is 0 Å². The standard InChI is InChI=1S/C21H13F7N4O5/c1-35-13-6-10(37-21(26,27)28)3-5-12(13)36-14-8-31-17(20(23,24)25)16(22)15(14)19(34)32-9-2-4-11(18(29)33)30-7-9/h2-8H,1H3,(H2,29,33)(H,32,34). The first-order valence-corrected chi connectivity index (χ1v) is 9.64. The van der Waals surface area contributed by atoms with Crippen molar-refractivity contribution < 1.29 is 54.5 Å². The average Bonchev–Trinajstić information content (AvgIpc) is 2.78. The van der Waals surface area contributed by atoms with Crippen LogP contribution in [0.4, 0.5) is 36.4 Å². The first-order valence-electron chi connectivity index (χ1n) is 9.64. The maximum absolute atomic E-state index is 14.9. The number of alkyl halides is 6. The lowest BCUT2D eigenvalue weighted by molar-refractivity contribution is -0.274. The smallest absolute Gasteiger partial charge is 0.493 e. The molecule has 0 aliphatic carbocycles. The van der Waals surface area contributed by atoms with Crippen LogP contribution in [0.1, 0.15) is 26.5 Å². The van der Waals surface area contributed by atoms with E-state index in [4.69, 9.17) is 15.2 Å². The van der Waals surface area contributed by atoms with Gasteiger partial charge in [0.05, 0.1) is 25.2 Å². The number of nitrogens with two attached hydrogens (primary N) is 1. The van der Waals surface area contributed by atoms with E-state index >= 15 is 0 Å². The molecule has 196 valence electrons. The molecule has 3 N–H and O–H groups in total. The summed E-state index contributed by atoms with van der Waals surface area (Å²) in [5.41, 5.74) is 1.41. The molecule has 2 heterocycles. The summed E-state index contributed by atoms with van der Waals surface area (Å²) >= 11 is 0. The van der Waals surface area contributed by atoms with Gasteiger partial charge in [-0.2, -0.15) is 13.2 Å². The molecule has 3 aromatic rings. The fraction of sp³-hybridized carbons (Fsp3) is 0.143. The molecule has 16 heteroatoms.